The fourth-order valence-corrected chi connectivity index (χ4v) is 3.24. The predicted molar refractivity (Wildman–Crippen MR) is 81.8 cm³/mol. The van der Waals surface area contributed by atoms with Gasteiger partial charge in [-0.25, -0.2) is 9.18 Å². The van der Waals surface area contributed by atoms with Crippen LogP contribution in [0.5, 0.6) is 0 Å². The molecule has 21 heavy (non-hydrogen) atoms. The Balaban J connectivity index is 2.22. The van der Waals surface area contributed by atoms with Crippen molar-refractivity contribution in [3.05, 3.63) is 63.4 Å². The average molecular weight is 366 g/mol. The standard InChI is InChI=1S/C15H9BrFNO2S/c16-11-2-3-12(15(19)20)14(6-11)21-8-9-1-4-13(17)10(5-9)7-18/h1-6H,8H2,(H,19,20). The summed E-state index contributed by atoms with van der Waals surface area (Å²) in [7, 11) is 0. The Morgan fingerprint density at radius 2 is 2.10 bits per heavy atom. The summed E-state index contributed by atoms with van der Waals surface area (Å²) in [5, 5.41) is 18.0. The quantitative estimate of drug-likeness (QED) is 0.813. The van der Waals surface area contributed by atoms with Crippen molar-refractivity contribution < 1.29 is 14.3 Å². The van der Waals surface area contributed by atoms with E-state index in [9.17, 15) is 9.18 Å². The van der Waals surface area contributed by atoms with Crippen LogP contribution >= 0.6 is 27.7 Å². The molecule has 0 aliphatic carbocycles. The van der Waals surface area contributed by atoms with Crippen molar-refractivity contribution in [3.63, 3.8) is 0 Å². The molecule has 2 aromatic rings. The summed E-state index contributed by atoms with van der Waals surface area (Å²) in [5.74, 6) is -1.10. The molecule has 0 saturated heterocycles. The Labute approximate surface area is 133 Å². The molecular formula is C15H9BrFNO2S. The molecule has 1 N–H and O–H groups in total. The summed E-state index contributed by atoms with van der Waals surface area (Å²) in [5.41, 5.74) is 0.959. The molecule has 0 heterocycles. The second kappa shape index (κ2) is 6.74. The van der Waals surface area contributed by atoms with Crippen molar-refractivity contribution in [2.45, 2.75) is 10.6 Å². The van der Waals surface area contributed by atoms with Crippen LogP contribution < -0.4 is 0 Å². The van der Waals surface area contributed by atoms with Crippen LogP contribution in [0.1, 0.15) is 21.5 Å². The third-order valence-corrected chi connectivity index (χ3v) is 4.34. The molecule has 0 spiro atoms. The number of benzene rings is 2. The lowest BCUT2D eigenvalue weighted by molar-refractivity contribution is 0.0693. The van der Waals surface area contributed by atoms with Gasteiger partial charge in [-0.1, -0.05) is 22.0 Å². The van der Waals surface area contributed by atoms with Crippen LogP contribution in [0.25, 0.3) is 0 Å². The van der Waals surface area contributed by atoms with Gasteiger partial charge in [0.05, 0.1) is 11.1 Å². The zero-order chi connectivity index (χ0) is 15.4. The summed E-state index contributed by atoms with van der Waals surface area (Å²) < 4.78 is 14.0. The number of rotatable bonds is 4. The van der Waals surface area contributed by atoms with E-state index in [4.69, 9.17) is 10.4 Å². The van der Waals surface area contributed by atoms with E-state index >= 15 is 0 Å². The Morgan fingerprint density at radius 1 is 1.33 bits per heavy atom. The minimum absolute atomic E-state index is 0.0131. The Bertz CT molecular complexity index is 743. The number of aromatic carboxylic acids is 1. The lowest BCUT2D eigenvalue weighted by Gasteiger charge is -2.07. The van der Waals surface area contributed by atoms with Gasteiger partial charge in [0.25, 0.3) is 0 Å². The van der Waals surface area contributed by atoms with Gasteiger partial charge in [0.15, 0.2) is 0 Å². The minimum atomic E-state index is -0.998. The first-order chi connectivity index (χ1) is 10.0. The second-order valence-corrected chi connectivity index (χ2v) is 6.09. The van der Waals surface area contributed by atoms with E-state index in [0.717, 1.165) is 10.0 Å². The minimum Gasteiger partial charge on any atom is -0.478 e. The van der Waals surface area contributed by atoms with Gasteiger partial charge in [-0.2, -0.15) is 5.26 Å². The highest BCUT2D eigenvalue weighted by atomic mass is 79.9. The zero-order valence-electron chi connectivity index (χ0n) is 10.6. The summed E-state index contributed by atoms with van der Waals surface area (Å²) in [6.07, 6.45) is 0. The van der Waals surface area contributed by atoms with E-state index in [1.165, 1.54) is 30.0 Å². The molecular weight excluding hydrogens is 357 g/mol. The van der Waals surface area contributed by atoms with Crippen LogP contribution in [-0.2, 0) is 5.75 Å². The average Bonchev–Trinajstić information content (AvgIpc) is 2.46. The van der Waals surface area contributed by atoms with Gasteiger partial charge < -0.3 is 5.11 Å². The van der Waals surface area contributed by atoms with E-state index in [1.807, 2.05) is 0 Å². The first kappa shape index (κ1) is 15.5. The molecule has 0 aromatic heterocycles. The van der Waals surface area contributed by atoms with Gasteiger partial charge in [0.1, 0.15) is 11.9 Å². The molecule has 106 valence electrons. The lowest BCUT2D eigenvalue weighted by Crippen LogP contribution is -1.99. The van der Waals surface area contributed by atoms with Gasteiger partial charge in [0, 0.05) is 15.1 Å². The van der Waals surface area contributed by atoms with Crippen molar-refractivity contribution in [2.24, 2.45) is 0 Å². The SMILES string of the molecule is N#Cc1cc(CSc2cc(Br)ccc2C(=O)O)ccc1F. The third-order valence-electron chi connectivity index (χ3n) is 2.72. The van der Waals surface area contributed by atoms with E-state index in [0.29, 0.717) is 10.6 Å². The fraction of sp³-hybridized carbons (Fsp3) is 0.0667. The Hall–Kier alpha value is -1.84. The molecule has 2 rings (SSSR count). The first-order valence-electron chi connectivity index (χ1n) is 5.85. The number of halogens is 2. The first-order valence-corrected chi connectivity index (χ1v) is 7.63. The molecule has 3 nitrogen and oxygen atoms in total. The smallest absolute Gasteiger partial charge is 0.336 e. The lowest BCUT2D eigenvalue weighted by atomic mass is 10.1. The maximum atomic E-state index is 13.2. The topological polar surface area (TPSA) is 61.1 Å². The van der Waals surface area contributed by atoms with E-state index in [2.05, 4.69) is 15.9 Å². The number of thioether (sulfide) groups is 1. The highest BCUT2D eigenvalue weighted by molar-refractivity contribution is 9.10. The third kappa shape index (κ3) is 3.84. The predicted octanol–water partition coefficient (Wildman–Crippen LogP) is 4.45. The van der Waals surface area contributed by atoms with Gasteiger partial charge in [-0.05, 0) is 35.9 Å². The summed E-state index contributed by atoms with van der Waals surface area (Å²) >= 11 is 4.63. The van der Waals surface area contributed by atoms with E-state index in [-0.39, 0.29) is 11.1 Å². The normalized spacial score (nSPS) is 10.1. The van der Waals surface area contributed by atoms with Crippen molar-refractivity contribution in [1.82, 2.24) is 0 Å². The number of carboxylic acid groups (broad SMARTS) is 1. The van der Waals surface area contributed by atoms with E-state index < -0.39 is 11.8 Å². The summed E-state index contributed by atoms with van der Waals surface area (Å²) in [6, 6.07) is 11.0. The van der Waals surface area contributed by atoms with Crippen LogP contribution in [0.15, 0.2) is 45.8 Å². The molecule has 0 saturated carbocycles. The number of hydrogen-bond donors (Lipinski definition) is 1. The number of carboxylic acids is 1. The van der Waals surface area contributed by atoms with Crippen molar-refractivity contribution in [1.29, 1.82) is 5.26 Å². The van der Waals surface area contributed by atoms with Crippen molar-refractivity contribution >= 4 is 33.7 Å². The second-order valence-electron chi connectivity index (χ2n) is 4.16. The Kier molecular flexibility index (Phi) is 4.99. The largest absolute Gasteiger partial charge is 0.478 e. The summed E-state index contributed by atoms with van der Waals surface area (Å²) in [4.78, 5) is 11.8. The fourth-order valence-electron chi connectivity index (χ4n) is 1.70. The van der Waals surface area contributed by atoms with Gasteiger partial charge in [-0.3, -0.25) is 0 Å². The highest BCUT2D eigenvalue weighted by Crippen LogP contribution is 2.29. The molecule has 0 fully saturated rings. The van der Waals surface area contributed by atoms with Crippen LogP contribution in [0, 0.1) is 17.1 Å². The maximum Gasteiger partial charge on any atom is 0.336 e. The van der Waals surface area contributed by atoms with Gasteiger partial charge in [0.2, 0.25) is 0 Å². The van der Waals surface area contributed by atoms with Crippen molar-refractivity contribution in [2.75, 3.05) is 0 Å². The van der Waals surface area contributed by atoms with Crippen LogP contribution in [0.3, 0.4) is 0 Å². The van der Waals surface area contributed by atoms with Crippen LogP contribution in [-0.4, -0.2) is 11.1 Å². The molecule has 0 unspecified atom stereocenters. The van der Waals surface area contributed by atoms with Gasteiger partial charge >= 0.3 is 5.97 Å². The zero-order valence-corrected chi connectivity index (χ0v) is 13.0. The number of nitrogens with zero attached hydrogens (tertiary/aromatic N) is 1. The summed E-state index contributed by atoms with van der Waals surface area (Å²) in [6.45, 7) is 0. The number of carbonyl (C=O) groups is 1. The van der Waals surface area contributed by atoms with Gasteiger partial charge in [-0.15, -0.1) is 11.8 Å². The van der Waals surface area contributed by atoms with E-state index in [1.54, 1.807) is 24.3 Å². The molecule has 0 aliphatic rings. The highest BCUT2D eigenvalue weighted by Gasteiger charge is 2.11. The van der Waals surface area contributed by atoms with Crippen LogP contribution in [0.2, 0.25) is 0 Å². The number of hydrogen-bond acceptors (Lipinski definition) is 3. The molecule has 0 aliphatic heterocycles. The van der Waals surface area contributed by atoms with Crippen LogP contribution in [0.4, 0.5) is 4.39 Å². The Morgan fingerprint density at radius 3 is 2.76 bits per heavy atom. The molecule has 0 bridgehead atoms. The molecule has 0 atom stereocenters. The molecule has 0 radical (unpaired) electrons. The molecule has 0 amide bonds. The van der Waals surface area contributed by atoms with Crippen molar-refractivity contribution in [3.8, 4) is 6.07 Å². The number of nitriles is 1. The molecule has 2 aromatic carbocycles. The maximum absolute atomic E-state index is 13.2. The molecule has 6 heteroatoms. The monoisotopic (exact) mass is 365 g/mol.